The first-order valence-electron chi connectivity index (χ1n) is 3.30. The van der Waals surface area contributed by atoms with Gasteiger partial charge in [0.25, 0.3) is 0 Å². The van der Waals surface area contributed by atoms with Gasteiger partial charge in [-0.3, -0.25) is 4.68 Å². The topological polar surface area (TPSA) is 17.8 Å². The molecule has 0 aliphatic heterocycles. The molecule has 0 spiro atoms. The summed E-state index contributed by atoms with van der Waals surface area (Å²) in [6, 6.07) is 0. The molecule has 0 bridgehead atoms. The quantitative estimate of drug-likeness (QED) is 0.598. The van der Waals surface area contributed by atoms with Crippen LogP contribution < -0.4 is 0 Å². The average Bonchev–Trinajstić information content (AvgIpc) is 2.13. The minimum Gasteiger partial charge on any atom is -0.276 e. The van der Waals surface area contributed by atoms with Crippen molar-refractivity contribution in [2.75, 3.05) is 0 Å². The molecule has 1 aromatic rings. The molecule has 0 aromatic carbocycles. The van der Waals surface area contributed by atoms with E-state index in [0.29, 0.717) is 0 Å². The van der Waals surface area contributed by atoms with Gasteiger partial charge < -0.3 is 0 Å². The number of hydrogen-bond donors (Lipinski definition) is 0. The molecule has 10 heavy (non-hydrogen) atoms. The Morgan fingerprint density at radius 3 is 2.90 bits per heavy atom. The summed E-state index contributed by atoms with van der Waals surface area (Å²) in [4.78, 5) is 0. The molecule has 0 aliphatic rings. The molecule has 0 saturated carbocycles. The number of rotatable bonds is 2. The van der Waals surface area contributed by atoms with Gasteiger partial charge in [0.2, 0.25) is 0 Å². The van der Waals surface area contributed by atoms with E-state index in [1.807, 2.05) is 26.4 Å². The number of halogens is 1. The summed E-state index contributed by atoms with van der Waals surface area (Å²) in [6.45, 7) is 1.98. The maximum atomic E-state index is 5.78. The predicted octanol–water partition coefficient (Wildman–Crippen LogP) is 1.59. The first-order chi connectivity index (χ1) is 4.68. The fraction of sp³-hybridized carbons (Fsp3) is 0.571. The van der Waals surface area contributed by atoms with Crippen LogP contribution in [0.3, 0.4) is 0 Å². The van der Waals surface area contributed by atoms with E-state index in [1.54, 1.807) is 4.68 Å². The molecular formula is C7H11ClN2. The highest BCUT2D eigenvalue weighted by Crippen LogP contribution is 2.05. The molecule has 1 atom stereocenters. The lowest BCUT2D eigenvalue weighted by atomic mass is 10.2. The second kappa shape index (κ2) is 3.06. The van der Waals surface area contributed by atoms with Gasteiger partial charge in [-0.25, -0.2) is 0 Å². The molecule has 56 valence electrons. The first kappa shape index (κ1) is 7.61. The maximum absolute atomic E-state index is 5.78. The van der Waals surface area contributed by atoms with Crippen molar-refractivity contribution < 1.29 is 0 Å². The standard InChI is InChI=1S/C7H11ClN2/c1-6(8)3-7-4-9-10(2)5-7/h4-6H,3H2,1-2H3. The van der Waals surface area contributed by atoms with Crippen molar-refractivity contribution in [2.24, 2.45) is 7.05 Å². The lowest BCUT2D eigenvalue weighted by Crippen LogP contribution is -1.94. The van der Waals surface area contributed by atoms with Gasteiger partial charge in [0.05, 0.1) is 6.20 Å². The van der Waals surface area contributed by atoms with Crippen LogP contribution in [0.4, 0.5) is 0 Å². The maximum Gasteiger partial charge on any atom is 0.0522 e. The zero-order valence-electron chi connectivity index (χ0n) is 6.21. The Labute approximate surface area is 65.8 Å². The van der Waals surface area contributed by atoms with Crippen molar-refractivity contribution in [3.63, 3.8) is 0 Å². The van der Waals surface area contributed by atoms with Crippen molar-refractivity contribution in [3.8, 4) is 0 Å². The summed E-state index contributed by atoms with van der Waals surface area (Å²) in [5.41, 5.74) is 1.20. The van der Waals surface area contributed by atoms with Crippen molar-refractivity contribution in [2.45, 2.75) is 18.7 Å². The summed E-state index contributed by atoms with van der Waals surface area (Å²) in [7, 11) is 1.91. The summed E-state index contributed by atoms with van der Waals surface area (Å²) in [5, 5.41) is 4.23. The normalized spacial score (nSPS) is 13.5. The molecule has 1 aromatic heterocycles. The van der Waals surface area contributed by atoms with Gasteiger partial charge in [0.1, 0.15) is 0 Å². The van der Waals surface area contributed by atoms with Crippen molar-refractivity contribution in [1.29, 1.82) is 0 Å². The second-order valence-electron chi connectivity index (χ2n) is 2.51. The molecule has 0 aliphatic carbocycles. The Bertz CT molecular complexity index is 205. The second-order valence-corrected chi connectivity index (χ2v) is 3.25. The fourth-order valence-electron chi connectivity index (χ4n) is 0.902. The number of aryl methyl sites for hydroxylation is 1. The van der Waals surface area contributed by atoms with Crippen LogP contribution in [0.2, 0.25) is 0 Å². The monoisotopic (exact) mass is 158 g/mol. The largest absolute Gasteiger partial charge is 0.276 e. The summed E-state index contributed by atoms with van der Waals surface area (Å²) in [6.07, 6.45) is 4.73. The Hall–Kier alpha value is -0.500. The Balaban J connectivity index is 2.58. The molecule has 0 amide bonds. The smallest absolute Gasteiger partial charge is 0.0522 e. The Kier molecular flexibility index (Phi) is 2.33. The van der Waals surface area contributed by atoms with Crippen LogP contribution in [0, 0.1) is 0 Å². The van der Waals surface area contributed by atoms with Gasteiger partial charge in [-0.1, -0.05) is 0 Å². The third kappa shape index (κ3) is 2.03. The van der Waals surface area contributed by atoms with Gasteiger partial charge in [-0.15, -0.1) is 11.6 Å². The number of aromatic nitrogens is 2. The van der Waals surface area contributed by atoms with E-state index in [0.717, 1.165) is 6.42 Å². The lowest BCUT2D eigenvalue weighted by molar-refractivity contribution is 0.766. The molecule has 1 unspecified atom stereocenters. The summed E-state index contributed by atoms with van der Waals surface area (Å²) < 4.78 is 1.79. The Morgan fingerprint density at radius 1 is 1.80 bits per heavy atom. The van der Waals surface area contributed by atoms with Crippen molar-refractivity contribution in [1.82, 2.24) is 9.78 Å². The van der Waals surface area contributed by atoms with Crippen LogP contribution in [-0.2, 0) is 13.5 Å². The van der Waals surface area contributed by atoms with E-state index in [-0.39, 0.29) is 5.38 Å². The van der Waals surface area contributed by atoms with Gasteiger partial charge in [0.15, 0.2) is 0 Å². The molecule has 0 radical (unpaired) electrons. The highest BCUT2D eigenvalue weighted by molar-refractivity contribution is 6.20. The van der Waals surface area contributed by atoms with Crippen LogP contribution in [0.1, 0.15) is 12.5 Å². The van der Waals surface area contributed by atoms with E-state index < -0.39 is 0 Å². The zero-order valence-corrected chi connectivity index (χ0v) is 6.97. The van der Waals surface area contributed by atoms with Crippen LogP contribution >= 0.6 is 11.6 Å². The van der Waals surface area contributed by atoms with E-state index in [4.69, 9.17) is 11.6 Å². The van der Waals surface area contributed by atoms with Crippen LogP contribution in [0.15, 0.2) is 12.4 Å². The average molecular weight is 159 g/mol. The van der Waals surface area contributed by atoms with E-state index in [2.05, 4.69) is 5.10 Å². The molecule has 1 heterocycles. The third-order valence-electron chi connectivity index (χ3n) is 1.28. The minimum atomic E-state index is 0.198. The molecular weight excluding hydrogens is 148 g/mol. The highest BCUT2D eigenvalue weighted by atomic mass is 35.5. The zero-order chi connectivity index (χ0) is 7.56. The van der Waals surface area contributed by atoms with Crippen molar-refractivity contribution in [3.05, 3.63) is 18.0 Å². The molecule has 1 rings (SSSR count). The van der Waals surface area contributed by atoms with Gasteiger partial charge in [0, 0.05) is 18.6 Å². The SMILES string of the molecule is CC(Cl)Cc1cnn(C)c1. The van der Waals surface area contributed by atoms with Crippen LogP contribution in [-0.4, -0.2) is 15.2 Å². The highest BCUT2D eigenvalue weighted by Gasteiger charge is 1.99. The minimum absolute atomic E-state index is 0.198. The van der Waals surface area contributed by atoms with Crippen molar-refractivity contribution >= 4 is 11.6 Å². The van der Waals surface area contributed by atoms with Crippen LogP contribution in [0.25, 0.3) is 0 Å². The molecule has 0 saturated heterocycles. The number of alkyl halides is 1. The molecule has 0 fully saturated rings. The van der Waals surface area contributed by atoms with E-state index in [1.165, 1.54) is 5.56 Å². The molecule has 3 heteroatoms. The van der Waals surface area contributed by atoms with Gasteiger partial charge in [-0.2, -0.15) is 5.10 Å². The van der Waals surface area contributed by atoms with E-state index >= 15 is 0 Å². The number of nitrogens with zero attached hydrogens (tertiary/aromatic N) is 2. The lowest BCUT2D eigenvalue weighted by Gasteiger charge is -1.96. The Morgan fingerprint density at radius 2 is 2.50 bits per heavy atom. The third-order valence-corrected chi connectivity index (χ3v) is 1.43. The molecule has 0 N–H and O–H groups in total. The summed E-state index contributed by atoms with van der Waals surface area (Å²) in [5.74, 6) is 0. The van der Waals surface area contributed by atoms with E-state index in [9.17, 15) is 0 Å². The summed E-state index contributed by atoms with van der Waals surface area (Å²) >= 11 is 5.78. The molecule has 2 nitrogen and oxygen atoms in total. The van der Waals surface area contributed by atoms with Gasteiger partial charge >= 0.3 is 0 Å². The van der Waals surface area contributed by atoms with Crippen LogP contribution in [0.5, 0.6) is 0 Å². The van der Waals surface area contributed by atoms with Gasteiger partial charge in [-0.05, 0) is 18.9 Å². The fourth-order valence-corrected chi connectivity index (χ4v) is 1.08. The number of hydrogen-bond acceptors (Lipinski definition) is 1. The predicted molar refractivity (Wildman–Crippen MR) is 42.2 cm³/mol. The first-order valence-corrected chi connectivity index (χ1v) is 3.73.